The van der Waals surface area contributed by atoms with E-state index in [-0.39, 0.29) is 12.5 Å². The van der Waals surface area contributed by atoms with Gasteiger partial charge in [-0.1, -0.05) is 13.8 Å². The first-order valence-electron chi connectivity index (χ1n) is 6.10. The highest BCUT2D eigenvalue weighted by Gasteiger charge is 2.23. The predicted molar refractivity (Wildman–Crippen MR) is 67.9 cm³/mol. The lowest BCUT2D eigenvalue weighted by Gasteiger charge is -2.18. The Morgan fingerprint density at radius 1 is 1.53 bits per heavy atom. The van der Waals surface area contributed by atoms with Gasteiger partial charge in [0.2, 0.25) is 0 Å². The molecule has 1 aliphatic heterocycles. The minimum atomic E-state index is 0.244. The summed E-state index contributed by atoms with van der Waals surface area (Å²) in [5.41, 5.74) is 5.80. The highest BCUT2D eigenvalue weighted by molar-refractivity contribution is 5.48. The van der Waals surface area contributed by atoms with Gasteiger partial charge in [-0.05, 0) is 6.42 Å². The van der Waals surface area contributed by atoms with Crippen molar-refractivity contribution in [2.24, 2.45) is 5.92 Å². The van der Waals surface area contributed by atoms with E-state index in [9.17, 15) is 0 Å². The van der Waals surface area contributed by atoms with Gasteiger partial charge in [0.25, 0.3) is 0 Å². The smallest absolute Gasteiger partial charge is 0.135 e. The van der Waals surface area contributed by atoms with Crippen LogP contribution in [0.4, 0.5) is 11.6 Å². The van der Waals surface area contributed by atoms with E-state index in [2.05, 4.69) is 28.7 Å². The molecule has 1 unspecified atom stereocenters. The molecule has 0 spiro atoms. The molecule has 1 saturated heterocycles. The Hall–Kier alpha value is -1.36. The van der Waals surface area contributed by atoms with E-state index >= 15 is 0 Å². The summed E-state index contributed by atoms with van der Waals surface area (Å²) in [5.74, 6) is 2.82. The van der Waals surface area contributed by atoms with E-state index in [0.717, 1.165) is 31.2 Å². The summed E-state index contributed by atoms with van der Waals surface area (Å²) < 4.78 is 0. The Morgan fingerprint density at radius 2 is 2.29 bits per heavy atom. The fourth-order valence-corrected chi connectivity index (χ4v) is 2.08. The van der Waals surface area contributed by atoms with Gasteiger partial charge in [-0.25, -0.2) is 9.97 Å². The number of nitrogens with two attached hydrogens (primary N) is 1. The van der Waals surface area contributed by atoms with E-state index in [1.807, 2.05) is 6.07 Å². The molecule has 5 heteroatoms. The predicted octanol–water partition coefficient (Wildman–Crippen LogP) is 1.00. The molecule has 3 N–H and O–H groups in total. The molecule has 5 nitrogen and oxygen atoms in total. The van der Waals surface area contributed by atoms with E-state index in [1.54, 1.807) is 0 Å². The van der Waals surface area contributed by atoms with Crippen LogP contribution in [0.5, 0.6) is 0 Å². The van der Waals surface area contributed by atoms with Crippen LogP contribution in [0.2, 0.25) is 0 Å². The number of aliphatic hydroxyl groups excluding tert-OH is 1. The van der Waals surface area contributed by atoms with Gasteiger partial charge < -0.3 is 15.7 Å². The molecule has 2 heterocycles. The molecule has 1 fully saturated rings. The van der Waals surface area contributed by atoms with Crippen molar-refractivity contribution in [1.29, 1.82) is 0 Å². The molecule has 1 atom stereocenters. The van der Waals surface area contributed by atoms with Crippen LogP contribution in [0.25, 0.3) is 0 Å². The minimum absolute atomic E-state index is 0.244. The van der Waals surface area contributed by atoms with Crippen LogP contribution in [-0.4, -0.2) is 34.8 Å². The van der Waals surface area contributed by atoms with Crippen molar-refractivity contribution in [3.05, 3.63) is 11.9 Å². The molecular weight excluding hydrogens is 216 g/mol. The average molecular weight is 236 g/mol. The van der Waals surface area contributed by atoms with Crippen molar-refractivity contribution in [1.82, 2.24) is 9.97 Å². The average Bonchev–Trinajstić information content (AvgIpc) is 2.76. The van der Waals surface area contributed by atoms with E-state index in [1.165, 1.54) is 0 Å². The lowest BCUT2D eigenvalue weighted by atomic mass is 10.1. The largest absolute Gasteiger partial charge is 0.396 e. The Kier molecular flexibility index (Phi) is 3.47. The van der Waals surface area contributed by atoms with Gasteiger partial charge in [-0.2, -0.15) is 0 Å². The van der Waals surface area contributed by atoms with Crippen molar-refractivity contribution in [3.63, 3.8) is 0 Å². The maximum atomic E-state index is 9.14. The summed E-state index contributed by atoms with van der Waals surface area (Å²) in [6, 6.07) is 1.81. The van der Waals surface area contributed by atoms with Gasteiger partial charge in [-0.15, -0.1) is 0 Å². The SMILES string of the molecule is CC(C)c1nc(N)cc(N2CCC(CO)C2)n1. The van der Waals surface area contributed by atoms with E-state index in [4.69, 9.17) is 10.8 Å². The second-order valence-electron chi connectivity index (χ2n) is 4.95. The van der Waals surface area contributed by atoms with Crippen molar-refractivity contribution < 1.29 is 5.11 Å². The normalized spacial score (nSPS) is 20.2. The number of aliphatic hydroxyl groups is 1. The molecule has 94 valence electrons. The number of nitrogen functional groups attached to an aromatic ring is 1. The minimum Gasteiger partial charge on any atom is -0.396 e. The molecule has 0 amide bonds. The van der Waals surface area contributed by atoms with E-state index < -0.39 is 0 Å². The molecule has 1 aromatic rings. The van der Waals surface area contributed by atoms with Crippen LogP contribution in [0.3, 0.4) is 0 Å². The van der Waals surface area contributed by atoms with Crippen LogP contribution < -0.4 is 10.6 Å². The van der Waals surface area contributed by atoms with Crippen LogP contribution >= 0.6 is 0 Å². The summed E-state index contributed by atoms with van der Waals surface area (Å²) in [5, 5.41) is 9.14. The monoisotopic (exact) mass is 236 g/mol. The number of hydrogen-bond acceptors (Lipinski definition) is 5. The van der Waals surface area contributed by atoms with Crippen molar-refractivity contribution in [3.8, 4) is 0 Å². The lowest BCUT2D eigenvalue weighted by molar-refractivity contribution is 0.238. The first kappa shape index (κ1) is 12.1. The van der Waals surface area contributed by atoms with Crippen molar-refractivity contribution >= 4 is 11.6 Å². The zero-order valence-corrected chi connectivity index (χ0v) is 10.4. The summed E-state index contributed by atoms with van der Waals surface area (Å²) in [4.78, 5) is 10.9. The molecule has 0 bridgehead atoms. The van der Waals surface area contributed by atoms with Gasteiger partial charge in [0.15, 0.2) is 0 Å². The highest BCUT2D eigenvalue weighted by Crippen LogP contribution is 2.24. The second kappa shape index (κ2) is 4.87. The van der Waals surface area contributed by atoms with Crippen LogP contribution in [0, 0.1) is 5.92 Å². The van der Waals surface area contributed by atoms with Crippen LogP contribution in [0.1, 0.15) is 32.0 Å². The van der Waals surface area contributed by atoms with Gasteiger partial charge in [-0.3, -0.25) is 0 Å². The van der Waals surface area contributed by atoms with Gasteiger partial charge >= 0.3 is 0 Å². The third kappa shape index (κ3) is 2.66. The number of anilines is 2. The third-order valence-corrected chi connectivity index (χ3v) is 3.13. The number of aromatic nitrogens is 2. The molecule has 2 rings (SSSR count). The number of rotatable bonds is 3. The molecule has 17 heavy (non-hydrogen) atoms. The third-order valence-electron chi connectivity index (χ3n) is 3.13. The lowest BCUT2D eigenvalue weighted by Crippen LogP contribution is -2.22. The molecule has 0 saturated carbocycles. The van der Waals surface area contributed by atoms with Gasteiger partial charge in [0, 0.05) is 37.6 Å². The Labute approximate surface area is 102 Å². The number of nitrogens with zero attached hydrogens (tertiary/aromatic N) is 3. The van der Waals surface area contributed by atoms with Crippen LogP contribution in [-0.2, 0) is 0 Å². The first-order chi connectivity index (χ1) is 8.10. The molecule has 0 aromatic carbocycles. The van der Waals surface area contributed by atoms with Crippen LogP contribution in [0.15, 0.2) is 6.07 Å². The molecule has 1 aliphatic rings. The number of hydrogen-bond donors (Lipinski definition) is 2. The summed E-state index contributed by atoms with van der Waals surface area (Å²) in [7, 11) is 0. The Morgan fingerprint density at radius 3 is 2.88 bits per heavy atom. The fraction of sp³-hybridized carbons (Fsp3) is 0.667. The standard InChI is InChI=1S/C12H20N4O/c1-8(2)12-14-10(13)5-11(15-12)16-4-3-9(6-16)7-17/h5,8-9,17H,3-4,6-7H2,1-2H3,(H2,13,14,15). The summed E-state index contributed by atoms with van der Waals surface area (Å²) in [6.07, 6.45) is 1.01. The Bertz CT molecular complexity index is 394. The zero-order valence-electron chi connectivity index (χ0n) is 10.4. The second-order valence-corrected chi connectivity index (χ2v) is 4.95. The molecule has 0 radical (unpaired) electrons. The maximum absolute atomic E-state index is 9.14. The highest BCUT2D eigenvalue weighted by atomic mass is 16.3. The molecular formula is C12H20N4O. The van der Waals surface area contributed by atoms with Gasteiger partial charge in [0.1, 0.15) is 17.5 Å². The summed E-state index contributed by atoms with van der Waals surface area (Å²) >= 11 is 0. The zero-order chi connectivity index (χ0) is 12.4. The van der Waals surface area contributed by atoms with E-state index in [0.29, 0.717) is 11.7 Å². The summed E-state index contributed by atoms with van der Waals surface area (Å²) in [6.45, 7) is 6.13. The Balaban J connectivity index is 2.21. The molecule has 1 aromatic heterocycles. The first-order valence-corrected chi connectivity index (χ1v) is 6.10. The van der Waals surface area contributed by atoms with Gasteiger partial charge in [0.05, 0.1) is 0 Å². The maximum Gasteiger partial charge on any atom is 0.135 e. The molecule has 0 aliphatic carbocycles. The quantitative estimate of drug-likeness (QED) is 0.819. The van der Waals surface area contributed by atoms with Crippen molar-refractivity contribution in [2.45, 2.75) is 26.2 Å². The fourth-order valence-electron chi connectivity index (χ4n) is 2.08. The topological polar surface area (TPSA) is 75.3 Å². The van der Waals surface area contributed by atoms with Crippen molar-refractivity contribution in [2.75, 3.05) is 30.3 Å².